The molecule has 54 valence electrons. The van der Waals surface area contributed by atoms with Crippen molar-refractivity contribution in [1.29, 1.82) is 0 Å². The topological polar surface area (TPSA) is 53.0 Å². The molecule has 0 aliphatic rings. The van der Waals surface area contributed by atoms with Crippen LogP contribution in [0.4, 0.5) is 0 Å². The third-order valence-electron chi connectivity index (χ3n) is 1.03. The van der Waals surface area contributed by atoms with Gasteiger partial charge in [0.25, 0.3) is 0 Å². The van der Waals surface area contributed by atoms with Crippen molar-refractivity contribution in [3.05, 3.63) is 23.9 Å². The van der Waals surface area contributed by atoms with E-state index in [1.54, 1.807) is 19.1 Å². The number of nitrogens with zero attached hydrogens (tertiary/aromatic N) is 1. The minimum absolute atomic E-state index is 0. The molecule has 3 nitrogen and oxygen atoms in total. The molecule has 0 saturated carbocycles. The molecule has 0 bridgehead atoms. The number of pyridine rings is 1. The Morgan fingerprint density at radius 2 is 2.18 bits per heavy atom. The Morgan fingerprint density at radius 3 is 2.55 bits per heavy atom. The monoisotopic (exact) mass is 163 g/mol. The van der Waals surface area contributed by atoms with Crippen LogP contribution in [0, 0.1) is 6.92 Å². The zero-order valence-corrected chi connectivity index (χ0v) is 7.22. The molecular formula is C6H6LiNO2S. The van der Waals surface area contributed by atoms with Crippen LogP contribution in [0.15, 0.2) is 23.2 Å². The molecule has 0 aliphatic heterocycles. The summed E-state index contributed by atoms with van der Waals surface area (Å²) in [6.45, 7) is 1.75. The summed E-state index contributed by atoms with van der Waals surface area (Å²) in [5, 5.41) is 0.0972. The Bertz CT molecular complexity index is 267. The molecule has 0 N–H and O–H groups in total. The number of hydrogen-bond donors (Lipinski definition) is 0. The molecule has 0 saturated heterocycles. The molecule has 11 heavy (non-hydrogen) atoms. The van der Waals surface area contributed by atoms with Crippen LogP contribution < -0.4 is 18.9 Å². The van der Waals surface area contributed by atoms with Crippen LogP contribution in [0.1, 0.15) is 5.69 Å². The zero-order valence-electron chi connectivity index (χ0n) is 6.40. The van der Waals surface area contributed by atoms with Crippen molar-refractivity contribution in [2.75, 3.05) is 0 Å². The molecule has 0 amide bonds. The standard InChI is InChI=1S/C6H7NO2S.Li/c1-5-3-2-4-6(7-5)10(8)9;/h2-4H,1H3,(H,8,9);/q;+1/p-1. The number of aromatic nitrogens is 1. The van der Waals surface area contributed by atoms with E-state index < -0.39 is 11.1 Å². The molecule has 1 heterocycles. The predicted octanol–water partition coefficient (Wildman–Crippen LogP) is -2.37. The molecular weight excluding hydrogens is 157 g/mol. The van der Waals surface area contributed by atoms with Crippen molar-refractivity contribution in [3.63, 3.8) is 0 Å². The fourth-order valence-corrected chi connectivity index (χ4v) is 1.02. The smallest absolute Gasteiger partial charge is 0.767 e. The van der Waals surface area contributed by atoms with Gasteiger partial charge in [0.2, 0.25) is 0 Å². The summed E-state index contributed by atoms with van der Waals surface area (Å²) in [6, 6.07) is 4.86. The zero-order chi connectivity index (χ0) is 7.56. The van der Waals surface area contributed by atoms with Gasteiger partial charge in [0.05, 0.1) is 0 Å². The van der Waals surface area contributed by atoms with Gasteiger partial charge in [0, 0.05) is 5.69 Å². The van der Waals surface area contributed by atoms with E-state index in [9.17, 15) is 8.76 Å². The Kier molecular flexibility index (Phi) is 4.62. The maximum absolute atomic E-state index is 10.3. The minimum atomic E-state index is -2.20. The summed E-state index contributed by atoms with van der Waals surface area (Å²) in [5.74, 6) is 0. The molecule has 1 unspecified atom stereocenters. The summed E-state index contributed by atoms with van der Waals surface area (Å²) < 4.78 is 20.6. The largest absolute Gasteiger partial charge is 1.00 e. The second-order valence-corrected chi connectivity index (χ2v) is 2.74. The van der Waals surface area contributed by atoms with Crippen molar-refractivity contribution in [2.24, 2.45) is 0 Å². The van der Waals surface area contributed by atoms with Crippen LogP contribution in [-0.4, -0.2) is 13.7 Å². The average Bonchev–Trinajstić information content (AvgIpc) is 1.88. The molecule has 1 rings (SSSR count). The van der Waals surface area contributed by atoms with E-state index in [1.807, 2.05) is 0 Å². The molecule has 1 aromatic heterocycles. The van der Waals surface area contributed by atoms with Crippen LogP contribution in [-0.2, 0) is 11.1 Å². The fourth-order valence-electron chi connectivity index (χ4n) is 0.611. The number of rotatable bonds is 1. The molecule has 1 atom stereocenters. The molecule has 0 aliphatic carbocycles. The van der Waals surface area contributed by atoms with E-state index in [4.69, 9.17) is 0 Å². The van der Waals surface area contributed by atoms with Gasteiger partial charge in [-0.15, -0.1) is 0 Å². The van der Waals surface area contributed by atoms with E-state index in [-0.39, 0.29) is 23.9 Å². The Balaban J connectivity index is 0.000001000. The SMILES string of the molecule is Cc1cccc(S(=O)[O-])n1.[Li+]. The first kappa shape index (κ1) is 10.9. The molecule has 0 spiro atoms. The maximum Gasteiger partial charge on any atom is 1.00 e. The molecule has 5 heteroatoms. The van der Waals surface area contributed by atoms with Crippen molar-refractivity contribution < 1.29 is 27.6 Å². The Labute approximate surface area is 79.7 Å². The summed E-state index contributed by atoms with van der Waals surface area (Å²) in [4.78, 5) is 3.76. The van der Waals surface area contributed by atoms with E-state index in [2.05, 4.69) is 4.98 Å². The van der Waals surface area contributed by atoms with Crippen molar-refractivity contribution in [3.8, 4) is 0 Å². The van der Waals surface area contributed by atoms with Gasteiger partial charge in [-0.2, -0.15) is 0 Å². The first-order valence-corrected chi connectivity index (χ1v) is 3.80. The summed E-state index contributed by atoms with van der Waals surface area (Å²) in [5.41, 5.74) is 0.710. The predicted molar refractivity (Wildman–Crippen MR) is 36.2 cm³/mol. The van der Waals surface area contributed by atoms with Gasteiger partial charge in [-0.3, -0.25) is 4.21 Å². The Morgan fingerprint density at radius 1 is 1.55 bits per heavy atom. The first-order chi connectivity index (χ1) is 4.70. The number of aryl methyl sites for hydroxylation is 1. The molecule has 0 aromatic carbocycles. The summed E-state index contributed by atoms with van der Waals surface area (Å²) in [7, 11) is 0. The van der Waals surface area contributed by atoms with Gasteiger partial charge >= 0.3 is 18.9 Å². The quantitative estimate of drug-likeness (QED) is 0.343. The van der Waals surface area contributed by atoms with E-state index in [0.717, 1.165) is 0 Å². The van der Waals surface area contributed by atoms with Crippen molar-refractivity contribution >= 4 is 11.1 Å². The second kappa shape index (κ2) is 4.68. The second-order valence-electron chi connectivity index (χ2n) is 1.85. The van der Waals surface area contributed by atoms with Crippen molar-refractivity contribution in [2.45, 2.75) is 11.9 Å². The van der Waals surface area contributed by atoms with Crippen LogP contribution >= 0.6 is 0 Å². The van der Waals surface area contributed by atoms with Crippen LogP contribution in [0.5, 0.6) is 0 Å². The van der Waals surface area contributed by atoms with Gasteiger partial charge in [-0.1, -0.05) is 6.07 Å². The summed E-state index contributed by atoms with van der Waals surface area (Å²) >= 11 is -2.20. The van der Waals surface area contributed by atoms with E-state index in [1.165, 1.54) is 6.07 Å². The first-order valence-electron chi connectivity index (χ1n) is 2.73. The van der Waals surface area contributed by atoms with Gasteiger partial charge in [0.1, 0.15) is 5.03 Å². The fraction of sp³-hybridized carbons (Fsp3) is 0.167. The third kappa shape index (κ3) is 3.17. The van der Waals surface area contributed by atoms with Gasteiger partial charge < -0.3 is 4.55 Å². The van der Waals surface area contributed by atoms with E-state index >= 15 is 0 Å². The van der Waals surface area contributed by atoms with Gasteiger partial charge in [0.15, 0.2) is 0 Å². The third-order valence-corrected chi connectivity index (χ3v) is 1.60. The van der Waals surface area contributed by atoms with Gasteiger partial charge in [-0.25, -0.2) is 4.98 Å². The normalized spacial score (nSPS) is 11.8. The van der Waals surface area contributed by atoms with Crippen LogP contribution in [0.3, 0.4) is 0 Å². The van der Waals surface area contributed by atoms with Crippen LogP contribution in [0.2, 0.25) is 0 Å². The molecule has 1 aromatic rings. The Hall–Kier alpha value is -0.143. The average molecular weight is 163 g/mol. The molecule has 0 fully saturated rings. The molecule has 0 radical (unpaired) electrons. The van der Waals surface area contributed by atoms with Crippen molar-refractivity contribution in [1.82, 2.24) is 4.98 Å². The van der Waals surface area contributed by atoms with Crippen LogP contribution in [0.25, 0.3) is 0 Å². The van der Waals surface area contributed by atoms with Gasteiger partial charge in [-0.05, 0) is 30.1 Å². The summed E-state index contributed by atoms with van der Waals surface area (Å²) in [6.07, 6.45) is 0. The number of hydrogen-bond acceptors (Lipinski definition) is 3. The minimum Gasteiger partial charge on any atom is -0.767 e. The van der Waals surface area contributed by atoms with E-state index in [0.29, 0.717) is 5.69 Å². The maximum atomic E-state index is 10.3.